The molecule has 0 fully saturated rings. The number of rotatable bonds is 5. The van der Waals surface area contributed by atoms with Crippen LogP contribution in [0.1, 0.15) is 27.0 Å². The summed E-state index contributed by atoms with van der Waals surface area (Å²) in [5.74, 6) is -0.472. The summed E-state index contributed by atoms with van der Waals surface area (Å²) in [7, 11) is -4.01. The van der Waals surface area contributed by atoms with Gasteiger partial charge in [0, 0.05) is 16.3 Å². The van der Waals surface area contributed by atoms with Gasteiger partial charge in [-0.2, -0.15) is 0 Å². The number of nitrogens with one attached hydrogen (secondary N) is 2. The Kier molecular flexibility index (Phi) is 6.41. The lowest BCUT2D eigenvalue weighted by molar-refractivity contribution is 0.102. The minimum atomic E-state index is -4.01. The van der Waals surface area contributed by atoms with E-state index in [4.69, 9.17) is 23.2 Å². The first-order valence-corrected chi connectivity index (χ1v) is 11.3. The molecule has 0 spiro atoms. The highest BCUT2D eigenvalue weighted by Gasteiger charge is 2.21. The summed E-state index contributed by atoms with van der Waals surface area (Å²) in [5, 5.41) is 3.25. The minimum absolute atomic E-state index is 0.0169. The average Bonchev–Trinajstić information content (AvgIpc) is 2.67. The Hall–Kier alpha value is -2.54. The zero-order valence-electron chi connectivity index (χ0n) is 16.6. The molecule has 156 valence electrons. The van der Waals surface area contributed by atoms with Gasteiger partial charge < -0.3 is 5.32 Å². The Bertz CT molecular complexity index is 1240. The summed E-state index contributed by atoms with van der Waals surface area (Å²) < 4.78 is 28.5. The number of aryl methyl sites for hydroxylation is 3. The SMILES string of the molecule is Cc1ccc(C)c(NS(=O)(=O)c2cc(C(=O)Nc3cc(Cl)ccc3C)ccc2Cl)c1. The van der Waals surface area contributed by atoms with Gasteiger partial charge >= 0.3 is 0 Å². The van der Waals surface area contributed by atoms with Gasteiger partial charge in [0.25, 0.3) is 15.9 Å². The van der Waals surface area contributed by atoms with Gasteiger partial charge in [0.1, 0.15) is 4.90 Å². The van der Waals surface area contributed by atoms with Crippen LogP contribution in [0, 0.1) is 20.8 Å². The van der Waals surface area contributed by atoms with Crippen LogP contribution in [-0.4, -0.2) is 14.3 Å². The Morgan fingerprint density at radius 1 is 0.833 bits per heavy atom. The molecule has 0 aliphatic carbocycles. The number of benzene rings is 3. The van der Waals surface area contributed by atoms with Crippen LogP contribution in [0.25, 0.3) is 0 Å². The van der Waals surface area contributed by atoms with Crippen molar-refractivity contribution in [2.75, 3.05) is 10.0 Å². The summed E-state index contributed by atoms with van der Waals surface area (Å²) in [5.41, 5.74) is 3.65. The summed E-state index contributed by atoms with van der Waals surface area (Å²) in [6.07, 6.45) is 0. The van der Waals surface area contributed by atoms with Gasteiger partial charge in [-0.25, -0.2) is 8.42 Å². The lowest BCUT2D eigenvalue weighted by Crippen LogP contribution is -2.17. The summed E-state index contributed by atoms with van der Waals surface area (Å²) in [6, 6.07) is 14.7. The molecule has 0 aromatic heterocycles. The van der Waals surface area contributed by atoms with Gasteiger partial charge in [0.2, 0.25) is 0 Å². The fourth-order valence-electron chi connectivity index (χ4n) is 2.82. The van der Waals surface area contributed by atoms with Crippen molar-refractivity contribution in [1.82, 2.24) is 0 Å². The molecule has 3 aromatic carbocycles. The third-order valence-corrected chi connectivity index (χ3v) is 6.65. The van der Waals surface area contributed by atoms with Crippen LogP contribution in [0.5, 0.6) is 0 Å². The largest absolute Gasteiger partial charge is 0.322 e. The van der Waals surface area contributed by atoms with Crippen LogP contribution in [0.2, 0.25) is 10.0 Å². The van der Waals surface area contributed by atoms with E-state index in [9.17, 15) is 13.2 Å². The molecule has 8 heteroatoms. The molecule has 1 amide bonds. The van der Waals surface area contributed by atoms with Crippen LogP contribution in [0.4, 0.5) is 11.4 Å². The molecule has 0 saturated heterocycles. The van der Waals surface area contributed by atoms with E-state index in [-0.39, 0.29) is 15.5 Å². The van der Waals surface area contributed by atoms with Gasteiger partial charge in [-0.1, -0.05) is 41.4 Å². The molecule has 0 bridgehead atoms. The highest BCUT2D eigenvalue weighted by Crippen LogP contribution is 2.28. The average molecular weight is 463 g/mol. The van der Waals surface area contributed by atoms with Crippen LogP contribution < -0.4 is 10.0 Å². The summed E-state index contributed by atoms with van der Waals surface area (Å²) in [4.78, 5) is 12.5. The number of carbonyl (C=O) groups excluding carboxylic acids is 1. The van der Waals surface area contributed by atoms with Gasteiger partial charge in [-0.15, -0.1) is 0 Å². The van der Waals surface area contributed by atoms with E-state index >= 15 is 0 Å². The van der Waals surface area contributed by atoms with E-state index in [0.29, 0.717) is 16.4 Å². The maximum atomic E-state index is 13.0. The van der Waals surface area contributed by atoms with Crippen molar-refractivity contribution in [2.45, 2.75) is 25.7 Å². The maximum absolute atomic E-state index is 13.0. The number of sulfonamides is 1. The molecule has 0 aliphatic heterocycles. The van der Waals surface area contributed by atoms with Crippen molar-refractivity contribution in [1.29, 1.82) is 0 Å². The highest BCUT2D eigenvalue weighted by atomic mass is 35.5. The smallest absolute Gasteiger partial charge is 0.263 e. The predicted octanol–water partition coefficient (Wildman–Crippen LogP) is 5.97. The summed E-state index contributed by atoms with van der Waals surface area (Å²) >= 11 is 12.2. The second-order valence-corrected chi connectivity index (χ2v) is 9.48. The number of hydrogen-bond donors (Lipinski definition) is 2. The molecule has 2 N–H and O–H groups in total. The van der Waals surface area contributed by atoms with Crippen molar-refractivity contribution >= 4 is 50.5 Å². The van der Waals surface area contributed by atoms with Crippen molar-refractivity contribution in [3.63, 3.8) is 0 Å². The quantitative estimate of drug-likeness (QED) is 0.490. The second-order valence-electron chi connectivity index (χ2n) is 6.98. The molecule has 3 rings (SSSR count). The number of amides is 1. The standard InChI is InChI=1S/C22H20Cl2N2O3S/c1-13-4-5-15(3)20(10-13)26-30(28,29)21-11-16(7-9-18(21)24)22(27)25-19-12-17(23)8-6-14(19)2/h4-12,26H,1-3H3,(H,25,27). The van der Waals surface area contributed by atoms with Crippen molar-refractivity contribution in [3.05, 3.63) is 86.9 Å². The van der Waals surface area contributed by atoms with Crippen LogP contribution in [0.15, 0.2) is 59.5 Å². The molecule has 0 radical (unpaired) electrons. The second kappa shape index (κ2) is 8.68. The van der Waals surface area contributed by atoms with E-state index in [2.05, 4.69) is 10.0 Å². The monoisotopic (exact) mass is 462 g/mol. The fourth-order valence-corrected chi connectivity index (χ4v) is 4.64. The normalized spacial score (nSPS) is 11.2. The van der Waals surface area contributed by atoms with Crippen molar-refractivity contribution in [2.24, 2.45) is 0 Å². The predicted molar refractivity (Wildman–Crippen MR) is 122 cm³/mol. The zero-order valence-corrected chi connectivity index (χ0v) is 18.9. The van der Waals surface area contributed by atoms with E-state index in [0.717, 1.165) is 16.7 Å². The molecule has 5 nitrogen and oxygen atoms in total. The first-order chi connectivity index (χ1) is 14.1. The Morgan fingerprint density at radius 3 is 2.23 bits per heavy atom. The molecule has 0 atom stereocenters. The number of carbonyl (C=O) groups is 1. The van der Waals surface area contributed by atoms with Crippen LogP contribution in [-0.2, 0) is 10.0 Å². The zero-order chi connectivity index (χ0) is 22.1. The van der Waals surface area contributed by atoms with Gasteiger partial charge in [-0.3, -0.25) is 9.52 Å². The first kappa shape index (κ1) is 22.2. The molecule has 30 heavy (non-hydrogen) atoms. The lowest BCUT2D eigenvalue weighted by Gasteiger charge is -2.14. The molecular formula is C22H20Cl2N2O3S. The van der Waals surface area contributed by atoms with E-state index in [1.54, 1.807) is 31.2 Å². The third-order valence-electron chi connectivity index (χ3n) is 4.57. The molecule has 0 unspecified atom stereocenters. The van der Waals surface area contributed by atoms with Gasteiger partial charge in [0.15, 0.2) is 0 Å². The molecule has 0 saturated carbocycles. The molecule has 0 aliphatic rings. The maximum Gasteiger partial charge on any atom is 0.263 e. The van der Waals surface area contributed by atoms with Crippen LogP contribution >= 0.6 is 23.2 Å². The Balaban J connectivity index is 1.93. The fraction of sp³-hybridized carbons (Fsp3) is 0.136. The Morgan fingerprint density at radius 2 is 1.50 bits per heavy atom. The minimum Gasteiger partial charge on any atom is -0.322 e. The number of anilines is 2. The van der Waals surface area contributed by atoms with Gasteiger partial charge in [-0.05, 0) is 73.9 Å². The number of hydrogen-bond acceptors (Lipinski definition) is 3. The van der Waals surface area contributed by atoms with Gasteiger partial charge in [0.05, 0.1) is 10.7 Å². The van der Waals surface area contributed by atoms with E-state index in [1.807, 2.05) is 26.0 Å². The van der Waals surface area contributed by atoms with Crippen molar-refractivity contribution < 1.29 is 13.2 Å². The van der Waals surface area contributed by atoms with Crippen molar-refractivity contribution in [3.8, 4) is 0 Å². The topological polar surface area (TPSA) is 75.3 Å². The van der Waals surface area contributed by atoms with E-state index in [1.165, 1.54) is 18.2 Å². The highest BCUT2D eigenvalue weighted by molar-refractivity contribution is 7.92. The Labute approximate surface area is 186 Å². The van der Waals surface area contributed by atoms with Crippen LogP contribution in [0.3, 0.4) is 0 Å². The molecular weight excluding hydrogens is 443 g/mol. The lowest BCUT2D eigenvalue weighted by atomic mass is 10.1. The summed E-state index contributed by atoms with van der Waals surface area (Å²) in [6.45, 7) is 5.50. The number of halogens is 2. The molecule has 0 heterocycles. The third kappa shape index (κ3) is 4.95. The first-order valence-electron chi connectivity index (χ1n) is 9.04. The molecule has 3 aromatic rings. The van der Waals surface area contributed by atoms with E-state index < -0.39 is 15.9 Å².